The van der Waals surface area contributed by atoms with Crippen molar-refractivity contribution >= 4 is 11.8 Å². The van der Waals surface area contributed by atoms with Crippen molar-refractivity contribution in [3.8, 4) is 0 Å². The molecule has 1 aliphatic heterocycles. The average molecular weight is 288 g/mol. The summed E-state index contributed by atoms with van der Waals surface area (Å²) in [7, 11) is 0. The van der Waals surface area contributed by atoms with Gasteiger partial charge in [-0.2, -0.15) is 0 Å². The predicted molar refractivity (Wildman–Crippen MR) is 82.6 cm³/mol. The number of carbonyl (C=O) groups is 2. The van der Waals surface area contributed by atoms with Crippen LogP contribution >= 0.6 is 0 Å². The molecule has 0 radical (unpaired) electrons. The van der Waals surface area contributed by atoms with Gasteiger partial charge in [0.1, 0.15) is 6.04 Å². The molecule has 1 unspecified atom stereocenters. The summed E-state index contributed by atoms with van der Waals surface area (Å²) in [5, 5.41) is 2.85. The van der Waals surface area contributed by atoms with E-state index in [0.717, 1.165) is 24.9 Å². The first-order valence-corrected chi connectivity index (χ1v) is 7.78. The molecule has 0 aromatic heterocycles. The summed E-state index contributed by atoms with van der Waals surface area (Å²) >= 11 is 0. The maximum Gasteiger partial charge on any atom is 0.249 e. The lowest BCUT2D eigenvalue weighted by Crippen LogP contribution is -2.40. The van der Waals surface area contributed by atoms with E-state index >= 15 is 0 Å². The Labute approximate surface area is 126 Å². The van der Waals surface area contributed by atoms with E-state index in [4.69, 9.17) is 0 Å². The molecule has 1 N–H and O–H groups in total. The van der Waals surface area contributed by atoms with Crippen LogP contribution in [0.2, 0.25) is 0 Å². The molecule has 1 atom stereocenters. The lowest BCUT2D eigenvalue weighted by atomic mass is 10.0. The summed E-state index contributed by atoms with van der Waals surface area (Å²) < 4.78 is 0. The minimum atomic E-state index is -0.546. The van der Waals surface area contributed by atoms with E-state index < -0.39 is 6.04 Å². The van der Waals surface area contributed by atoms with Crippen molar-refractivity contribution in [3.63, 3.8) is 0 Å². The summed E-state index contributed by atoms with van der Waals surface area (Å²) in [5.74, 6) is 0.460. The van der Waals surface area contributed by atoms with E-state index in [9.17, 15) is 9.59 Å². The summed E-state index contributed by atoms with van der Waals surface area (Å²) in [6.07, 6.45) is 2.49. The highest BCUT2D eigenvalue weighted by molar-refractivity contribution is 5.90. The van der Waals surface area contributed by atoms with Crippen molar-refractivity contribution in [1.29, 1.82) is 0 Å². The Morgan fingerprint density at radius 1 is 1.19 bits per heavy atom. The van der Waals surface area contributed by atoms with Crippen molar-refractivity contribution in [3.05, 3.63) is 35.9 Å². The topological polar surface area (TPSA) is 49.4 Å². The first kappa shape index (κ1) is 15.5. The second kappa shape index (κ2) is 7.25. The molecule has 21 heavy (non-hydrogen) atoms. The highest BCUT2D eigenvalue weighted by Gasteiger charge is 2.31. The molecule has 1 fully saturated rings. The van der Waals surface area contributed by atoms with Gasteiger partial charge in [-0.1, -0.05) is 57.0 Å². The van der Waals surface area contributed by atoms with Gasteiger partial charge in [-0.15, -0.1) is 0 Å². The highest BCUT2D eigenvalue weighted by Crippen LogP contribution is 2.21. The molecule has 1 heterocycles. The van der Waals surface area contributed by atoms with Gasteiger partial charge < -0.3 is 10.2 Å². The quantitative estimate of drug-likeness (QED) is 0.905. The average Bonchev–Trinajstić information content (AvgIpc) is 2.66. The Hall–Kier alpha value is -1.84. The van der Waals surface area contributed by atoms with Crippen LogP contribution in [0, 0.1) is 5.92 Å². The zero-order valence-corrected chi connectivity index (χ0v) is 12.8. The third-order valence-corrected chi connectivity index (χ3v) is 4.24. The fraction of sp³-hybridized carbons (Fsp3) is 0.529. The molecule has 1 aliphatic rings. The lowest BCUT2D eigenvalue weighted by molar-refractivity contribution is -0.134. The molecular weight excluding hydrogens is 264 g/mol. The van der Waals surface area contributed by atoms with Gasteiger partial charge in [0.25, 0.3) is 0 Å². The van der Waals surface area contributed by atoms with Crippen molar-refractivity contribution in [2.24, 2.45) is 5.92 Å². The summed E-state index contributed by atoms with van der Waals surface area (Å²) in [4.78, 5) is 26.5. The monoisotopic (exact) mass is 288 g/mol. The van der Waals surface area contributed by atoms with Gasteiger partial charge in [0, 0.05) is 19.5 Å². The minimum Gasteiger partial charge on any atom is -0.340 e. The van der Waals surface area contributed by atoms with Gasteiger partial charge in [-0.05, 0) is 11.5 Å². The van der Waals surface area contributed by atoms with Crippen LogP contribution in [-0.4, -0.2) is 29.8 Å². The lowest BCUT2D eigenvalue weighted by Gasteiger charge is -2.27. The van der Waals surface area contributed by atoms with Crippen molar-refractivity contribution in [2.75, 3.05) is 13.1 Å². The minimum absolute atomic E-state index is 0.0129. The first-order chi connectivity index (χ1) is 10.2. The van der Waals surface area contributed by atoms with Gasteiger partial charge in [0.15, 0.2) is 0 Å². The first-order valence-electron chi connectivity index (χ1n) is 7.78. The van der Waals surface area contributed by atoms with Gasteiger partial charge in [-0.3, -0.25) is 9.59 Å². The SMILES string of the molecule is CCC(CC)CN1CCC(=O)NC(c2ccccc2)C1=O. The zero-order chi connectivity index (χ0) is 15.2. The molecule has 0 saturated carbocycles. The van der Waals surface area contributed by atoms with E-state index in [1.54, 1.807) is 0 Å². The zero-order valence-electron chi connectivity index (χ0n) is 12.8. The van der Waals surface area contributed by atoms with Crippen molar-refractivity contribution in [2.45, 2.75) is 39.2 Å². The fourth-order valence-corrected chi connectivity index (χ4v) is 2.74. The van der Waals surface area contributed by atoms with Crippen LogP contribution < -0.4 is 5.32 Å². The number of nitrogens with one attached hydrogen (secondary N) is 1. The van der Waals surface area contributed by atoms with E-state index in [-0.39, 0.29) is 11.8 Å². The van der Waals surface area contributed by atoms with Crippen molar-refractivity contribution < 1.29 is 9.59 Å². The number of rotatable bonds is 5. The third kappa shape index (κ3) is 3.84. The molecule has 114 valence electrons. The number of hydrogen-bond donors (Lipinski definition) is 1. The Morgan fingerprint density at radius 3 is 2.48 bits per heavy atom. The van der Waals surface area contributed by atoms with Crippen molar-refractivity contribution in [1.82, 2.24) is 10.2 Å². The molecule has 1 saturated heterocycles. The van der Waals surface area contributed by atoms with Gasteiger partial charge in [-0.25, -0.2) is 0 Å². The second-order valence-electron chi connectivity index (χ2n) is 5.63. The number of benzene rings is 1. The largest absolute Gasteiger partial charge is 0.340 e. The van der Waals surface area contributed by atoms with Gasteiger partial charge in [0.05, 0.1) is 0 Å². The van der Waals surface area contributed by atoms with Crippen LogP contribution in [0.4, 0.5) is 0 Å². The molecule has 0 spiro atoms. The molecule has 4 heteroatoms. The predicted octanol–water partition coefficient (Wildman–Crippen LogP) is 2.51. The van der Waals surface area contributed by atoms with Crippen LogP contribution in [0.5, 0.6) is 0 Å². The Morgan fingerprint density at radius 2 is 1.86 bits per heavy atom. The molecular formula is C17H24N2O2. The molecule has 1 aromatic carbocycles. The van der Waals surface area contributed by atoms with Crippen LogP contribution in [0.1, 0.15) is 44.7 Å². The smallest absolute Gasteiger partial charge is 0.249 e. The Kier molecular flexibility index (Phi) is 5.37. The molecule has 2 rings (SSSR count). The third-order valence-electron chi connectivity index (χ3n) is 4.24. The summed E-state index contributed by atoms with van der Waals surface area (Å²) in [6.45, 7) is 5.55. The van der Waals surface area contributed by atoms with E-state index in [1.165, 1.54) is 0 Å². The van der Waals surface area contributed by atoms with E-state index in [0.29, 0.717) is 18.9 Å². The maximum absolute atomic E-state index is 12.8. The highest BCUT2D eigenvalue weighted by atomic mass is 16.2. The molecule has 4 nitrogen and oxygen atoms in total. The summed E-state index contributed by atoms with van der Waals surface area (Å²) in [6, 6.07) is 8.94. The fourth-order valence-electron chi connectivity index (χ4n) is 2.74. The van der Waals surface area contributed by atoms with Crippen LogP contribution in [0.25, 0.3) is 0 Å². The number of amides is 2. The summed E-state index contributed by atoms with van der Waals surface area (Å²) in [5.41, 5.74) is 0.854. The maximum atomic E-state index is 12.8. The van der Waals surface area contributed by atoms with Crippen LogP contribution in [-0.2, 0) is 9.59 Å². The Balaban J connectivity index is 2.20. The van der Waals surface area contributed by atoms with Crippen LogP contribution in [0.3, 0.4) is 0 Å². The molecule has 0 aliphatic carbocycles. The standard InChI is InChI=1S/C17H24N2O2/c1-3-13(4-2)12-19-11-10-15(20)18-16(17(19)21)14-8-6-5-7-9-14/h5-9,13,16H,3-4,10-12H2,1-2H3,(H,18,20). The molecule has 1 aromatic rings. The normalized spacial score (nSPS) is 19.6. The van der Waals surface area contributed by atoms with E-state index in [1.807, 2.05) is 35.2 Å². The number of carbonyl (C=O) groups excluding carboxylic acids is 2. The second-order valence-corrected chi connectivity index (χ2v) is 5.63. The van der Waals surface area contributed by atoms with Gasteiger partial charge in [0.2, 0.25) is 11.8 Å². The molecule has 0 bridgehead atoms. The number of nitrogens with zero attached hydrogens (tertiary/aromatic N) is 1. The Bertz CT molecular complexity index is 483. The molecule has 2 amide bonds. The van der Waals surface area contributed by atoms with Gasteiger partial charge >= 0.3 is 0 Å². The van der Waals surface area contributed by atoms with Crippen LogP contribution in [0.15, 0.2) is 30.3 Å². The van der Waals surface area contributed by atoms with E-state index in [2.05, 4.69) is 19.2 Å². The number of hydrogen-bond acceptors (Lipinski definition) is 2.